The molecule has 126 valence electrons. The molecule has 1 aromatic carbocycles. The van der Waals surface area contributed by atoms with Gasteiger partial charge >= 0.3 is 0 Å². The first kappa shape index (κ1) is 16.5. The van der Waals surface area contributed by atoms with Gasteiger partial charge in [0, 0.05) is 17.5 Å². The van der Waals surface area contributed by atoms with Crippen LogP contribution in [-0.2, 0) is 10.0 Å². The lowest BCUT2D eigenvalue weighted by Gasteiger charge is -2.08. The summed E-state index contributed by atoms with van der Waals surface area (Å²) in [6.07, 6.45) is 0. The standard InChI is InChI=1S/C15H15N3O4S2/c1-9-14(8-13(23-9)15-16-10(2)22-17-15)24(19,20)18-11-4-6-12(21-3)7-5-11/h4-8,18H,1-3H3. The van der Waals surface area contributed by atoms with E-state index in [4.69, 9.17) is 9.26 Å². The van der Waals surface area contributed by atoms with Crippen LogP contribution in [0.15, 0.2) is 39.8 Å². The fourth-order valence-electron chi connectivity index (χ4n) is 2.11. The zero-order chi connectivity index (χ0) is 17.3. The Hall–Kier alpha value is -2.39. The van der Waals surface area contributed by atoms with Crippen LogP contribution in [0.3, 0.4) is 0 Å². The van der Waals surface area contributed by atoms with Gasteiger partial charge in [0.15, 0.2) is 0 Å². The molecule has 2 aromatic heterocycles. The van der Waals surface area contributed by atoms with Crippen LogP contribution in [0.5, 0.6) is 5.75 Å². The molecule has 3 rings (SSSR count). The molecule has 0 aliphatic rings. The van der Waals surface area contributed by atoms with Crippen molar-refractivity contribution in [2.24, 2.45) is 0 Å². The van der Waals surface area contributed by atoms with Crippen molar-refractivity contribution in [2.75, 3.05) is 11.8 Å². The van der Waals surface area contributed by atoms with Crippen molar-refractivity contribution >= 4 is 27.0 Å². The summed E-state index contributed by atoms with van der Waals surface area (Å²) in [5.41, 5.74) is 0.457. The van der Waals surface area contributed by atoms with Crippen molar-refractivity contribution in [2.45, 2.75) is 18.7 Å². The number of aryl methyl sites for hydroxylation is 2. The average Bonchev–Trinajstić information content (AvgIpc) is 3.14. The summed E-state index contributed by atoms with van der Waals surface area (Å²) in [5, 5.41) is 3.82. The minimum atomic E-state index is -3.71. The smallest absolute Gasteiger partial charge is 0.263 e. The molecule has 24 heavy (non-hydrogen) atoms. The van der Waals surface area contributed by atoms with E-state index in [0.29, 0.717) is 32.9 Å². The highest BCUT2D eigenvalue weighted by Gasteiger charge is 2.22. The quantitative estimate of drug-likeness (QED) is 0.746. The summed E-state index contributed by atoms with van der Waals surface area (Å²) in [7, 11) is -2.16. The summed E-state index contributed by atoms with van der Waals surface area (Å²) in [4.78, 5) is 5.60. The maximum atomic E-state index is 12.6. The fraction of sp³-hybridized carbons (Fsp3) is 0.200. The number of rotatable bonds is 5. The van der Waals surface area contributed by atoms with Crippen LogP contribution in [0.4, 0.5) is 5.69 Å². The molecule has 0 unspecified atom stereocenters. The third kappa shape index (κ3) is 3.26. The van der Waals surface area contributed by atoms with E-state index in [-0.39, 0.29) is 4.90 Å². The van der Waals surface area contributed by atoms with E-state index in [1.54, 1.807) is 51.3 Å². The Morgan fingerprint density at radius 3 is 2.50 bits per heavy atom. The Kier molecular flexibility index (Phi) is 4.29. The number of anilines is 1. The largest absolute Gasteiger partial charge is 0.497 e. The van der Waals surface area contributed by atoms with Gasteiger partial charge in [-0.25, -0.2) is 8.42 Å². The second-order valence-electron chi connectivity index (χ2n) is 5.00. The number of benzene rings is 1. The van der Waals surface area contributed by atoms with Crippen LogP contribution in [0.1, 0.15) is 10.8 Å². The number of nitrogens with one attached hydrogen (secondary N) is 1. The molecule has 0 spiro atoms. The van der Waals surface area contributed by atoms with Gasteiger partial charge in [0.1, 0.15) is 10.6 Å². The molecule has 0 bridgehead atoms. The molecule has 7 nitrogen and oxygen atoms in total. The average molecular weight is 365 g/mol. The van der Waals surface area contributed by atoms with Crippen LogP contribution >= 0.6 is 11.3 Å². The summed E-state index contributed by atoms with van der Waals surface area (Å²) in [5.74, 6) is 1.46. The number of thiophene rings is 1. The van der Waals surface area contributed by atoms with Gasteiger partial charge in [-0.3, -0.25) is 4.72 Å². The van der Waals surface area contributed by atoms with Crippen molar-refractivity contribution < 1.29 is 17.7 Å². The first-order valence-electron chi connectivity index (χ1n) is 6.97. The third-order valence-corrected chi connectivity index (χ3v) is 5.94. The number of hydrogen-bond acceptors (Lipinski definition) is 7. The van der Waals surface area contributed by atoms with Gasteiger partial charge in [0.2, 0.25) is 11.7 Å². The molecule has 0 radical (unpaired) electrons. The molecule has 0 aliphatic heterocycles. The fourth-order valence-corrected chi connectivity index (χ4v) is 4.69. The van der Waals surface area contributed by atoms with E-state index in [0.717, 1.165) is 0 Å². The van der Waals surface area contributed by atoms with Crippen LogP contribution in [-0.4, -0.2) is 25.7 Å². The maximum absolute atomic E-state index is 12.6. The molecular weight excluding hydrogens is 350 g/mol. The lowest BCUT2D eigenvalue weighted by atomic mass is 10.3. The Morgan fingerprint density at radius 1 is 1.21 bits per heavy atom. The lowest BCUT2D eigenvalue weighted by molar-refractivity contribution is 0.394. The molecule has 3 aromatic rings. The predicted octanol–water partition coefficient (Wildman–Crippen LogP) is 3.22. The highest BCUT2D eigenvalue weighted by molar-refractivity contribution is 7.93. The van der Waals surface area contributed by atoms with Crippen LogP contribution < -0.4 is 9.46 Å². The SMILES string of the molecule is COc1ccc(NS(=O)(=O)c2cc(-c3noc(C)n3)sc2C)cc1. The molecule has 0 amide bonds. The Labute approximate surface area is 143 Å². The van der Waals surface area contributed by atoms with Gasteiger partial charge in [0.25, 0.3) is 10.0 Å². The monoisotopic (exact) mass is 365 g/mol. The normalized spacial score (nSPS) is 11.5. The molecule has 0 aliphatic carbocycles. The number of aromatic nitrogens is 2. The van der Waals surface area contributed by atoms with Crippen molar-refractivity contribution in [3.8, 4) is 16.5 Å². The highest BCUT2D eigenvalue weighted by Crippen LogP contribution is 2.33. The minimum absolute atomic E-state index is 0.195. The number of ether oxygens (including phenoxy) is 1. The Bertz CT molecular complexity index is 959. The summed E-state index contributed by atoms with van der Waals surface area (Å²) in [6.45, 7) is 3.42. The summed E-state index contributed by atoms with van der Waals surface area (Å²) < 4.78 is 37.8. The zero-order valence-corrected chi connectivity index (χ0v) is 14.9. The van der Waals surface area contributed by atoms with E-state index < -0.39 is 10.0 Å². The van der Waals surface area contributed by atoms with E-state index in [1.165, 1.54) is 11.3 Å². The molecule has 9 heteroatoms. The summed E-state index contributed by atoms with van der Waals surface area (Å²) in [6, 6.07) is 8.21. The van der Waals surface area contributed by atoms with Crippen molar-refractivity contribution in [1.29, 1.82) is 0 Å². The van der Waals surface area contributed by atoms with Gasteiger partial charge < -0.3 is 9.26 Å². The number of sulfonamides is 1. The van der Waals surface area contributed by atoms with E-state index in [1.807, 2.05) is 0 Å². The Morgan fingerprint density at radius 2 is 1.92 bits per heavy atom. The number of hydrogen-bond donors (Lipinski definition) is 1. The number of methoxy groups -OCH3 is 1. The molecule has 0 saturated heterocycles. The van der Waals surface area contributed by atoms with E-state index in [9.17, 15) is 8.42 Å². The maximum Gasteiger partial charge on any atom is 0.263 e. The van der Waals surface area contributed by atoms with Gasteiger partial charge in [-0.2, -0.15) is 4.98 Å². The van der Waals surface area contributed by atoms with Gasteiger partial charge in [0.05, 0.1) is 12.0 Å². The van der Waals surface area contributed by atoms with E-state index in [2.05, 4.69) is 14.9 Å². The van der Waals surface area contributed by atoms with Crippen LogP contribution in [0.2, 0.25) is 0 Å². The lowest BCUT2D eigenvalue weighted by Crippen LogP contribution is -2.13. The second-order valence-corrected chi connectivity index (χ2v) is 7.91. The van der Waals surface area contributed by atoms with Gasteiger partial charge in [-0.15, -0.1) is 11.3 Å². The Balaban J connectivity index is 1.90. The first-order chi connectivity index (χ1) is 11.4. The molecule has 1 N–H and O–H groups in total. The molecule has 0 fully saturated rings. The topological polar surface area (TPSA) is 94.3 Å². The minimum Gasteiger partial charge on any atom is -0.497 e. The molecule has 0 saturated carbocycles. The van der Waals surface area contributed by atoms with Gasteiger partial charge in [-0.1, -0.05) is 5.16 Å². The first-order valence-corrected chi connectivity index (χ1v) is 9.27. The summed E-state index contributed by atoms with van der Waals surface area (Å²) >= 11 is 1.30. The third-order valence-electron chi connectivity index (χ3n) is 3.25. The van der Waals surface area contributed by atoms with Crippen molar-refractivity contribution in [3.63, 3.8) is 0 Å². The van der Waals surface area contributed by atoms with E-state index >= 15 is 0 Å². The van der Waals surface area contributed by atoms with Crippen LogP contribution in [0, 0.1) is 13.8 Å². The molecule has 0 atom stereocenters. The zero-order valence-electron chi connectivity index (χ0n) is 13.2. The van der Waals surface area contributed by atoms with Gasteiger partial charge in [-0.05, 0) is 37.3 Å². The number of nitrogens with zero attached hydrogens (tertiary/aromatic N) is 2. The second kappa shape index (κ2) is 6.25. The molecule has 2 heterocycles. The van der Waals surface area contributed by atoms with Crippen molar-refractivity contribution in [3.05, 3.63) is 41.1 Å². The predicted molar refractivity (Wildman–Crippen MR) is 90.9 cm³/mol. The highest BCUT2D eigenvalue weighted by atomic mass is 32.2. The van der Waals surface area contributed by atoms with Crippen molar-refractivity contribution in [1.82, 2.24) is 10.1 Å². The molecular formula is C15H15N3O4S2. The van der Waals surface area contributed by atoms with Crippen LogP contribution in [0.25, 0.3) is 10.7 Å².